The lowest BCUT2D eigenvalue weighted by molar-refractivity contribution is -0.330. The maximum Gasteiger partial charge on any atom is 0.780 e. The highest BCUT2D eigenvalue weighted by Crippen LogP contribution is 2.52. The molecule has 0 fully saturated rings. The second kappa shape index (κ2) is 6.04. The maximum atomic E-state index is 6.99. The lowest BCUT2D eigenvalue weighted by Crippen LogP contribution is -2.68. The molecule has 0 saturated heterocycles. The smallest absolute Gasteiger partial charge is 0.601 e. The molecule has 1 atom stereocenters. The number of aromatic nitrogens is 1. The number of benzene rings is 3. The first kappa shape index (κ1) is 18.1. The minimum atomic E-state index is -2.11. The monoisotopic (exact) mass is 468 g/mol. The van der Waals surface area contributed by atoms with Crippen LogP contribution in [0.4, 0.5) is 0 Å². The third-order valence-corrected chi connectivity index (χ3v) is 8.52. The summed E-state index contributed by atoms with van der Waals surface area (Å²) >= 11 is 1.72. The molecule has 164 valence electrons. The van der Waals surface area contributed by atoms with E-state index in [1.165, 1.54) is 28.0 Å². The Morgan fingerprint density at radius 1 is 0.714 bits per heavy atom. The topological polar surface area (TPSA) is 26.4 Å². The zero-order valence-electron chi connectivity index (χ0n) is 18.5. The van der Waals surface area contributed by atoms with Crippen LogP contribution in [0.5, 0.6) is 11.5 Å². The van der Waals surface area contributed by atoms with E-state index >= 15 is 0 Å². The van der Waals surface area contributed by atoms with Gasteiger partial charge in [0.05, 0.1) is 16.9 Å². The van der Waals surface area contributed by atoms with E-state index in [-0.39, 0.29) is 0 Å². The van der Waals surface area contributed by atoms with Crippen LogP contribution in [0.3, 0.4) is 0 Å². The zero-order chi connectivity index (χ0) is 22.7. The second-order valence-corrected chi connectivity index (χ2v) is 10.3. The number of para-hydroxylation sites is 1. The molecule has 9 rings (SSSR count). The molecule has 3 aromatic carbocycles. The van der Waals surface area contributed by atoms with Gasteiger partial charge in [0.2, 0.25) is 0 Å². The van der Waals surface area contributed by atoms with Crippen molar-refractivity contribution in [3.63, 3.8) is 0 Å². The molecule has 5 aromatic rings. The average Bonchev–Trinajstić information content (AvgIpc) is 3.61. The van der Waals surface area contributed by atoms with Crippen molar-refractivity contribution in [3.05, 3.63) is 118 Å². The van der Waals surface area contributed by atoms with Crippen LogP contribution in [0, 0.1) is 0 Å². The first-order valence-electron chi connectivity index (χ1n) is 11.8. The minimum Gasteiger partial charge on any atom is -0.601 e. The Balaban J connectivity index is 1.48. The molecule has 1 unspecified atom stereocenters. The summed E-state index contributed by atoms with van der Waals surface area (Å²) in [5.74, 6) is 1.73. The molecule has 1 spiro atoms. The van der Waals surface area contributed by atoms with Crippen LogP contribution in [0.1, 0.15) is 21.7 Å². The quantitative estimate of drug-likeness (QED) is 0.269. The minimum absolute atomic E-state index is 0.846. The van der Waals surface area contributed by atoms with Crippen LogP contribution in [-0.4, -0.2) is 21.5 Å². The van der Waals surface area contributed by atoms with Gasteiger partial charge in [-0.15, -0.1) is 11.3 Å². The summed E-state index contributed by atoms with van der Waals surface area (Å²) in [6.45, 7) is -2.11. The van der Waals surface area contributed by atoms with Crippen LogP contribution >= 0.6 is 11.3 Å². The Hall–Kier alpha value is -4.29. The lowest BCUT2D eigenvalue weighted by atomic mass is 9.78. The maximum absolute atomic E-state index is 6.99. The second-order valence-electron chi connectivity index (χ2n) is 9.34. The molecule has 6 heterocycles. The van der Waals surface area contributed by atoms with Crippen LogP contribution in [-0.2, 0) is 0 Å². The first-order chi connectivity index (χ1) is 17.3. The normalized spacial score (nSPS) is 19.5. The summed E-state index contributed by atoms with van der Waals surface area (Å²) in [6.07, 6.45) is 2.32. The van der Waals surface area contributed by atoms with E-state index in [1.807, 2.05) is 6.07 Å². The number of hydrogen-bond acceptors (Lipinski definition) is 3. The predicted molar refractivity (Wildman–Crippen MR) is 140 cm³/mol. The fraction of sp³-hybridized carbons (Fsp3) is 0. The Kier molecular flexibility index (Phi) is 3.12. The SMILES string of the molecule is C1=C2c3ccccc3C3=[N+]2[B-]2(Oc4ccccc4-c4cc(-c5ccccc5)c1n42)Oc1ccsc13. The third kappa shape index (κ3) is 2.04. The van der Waals surface area contributed by atoms with Crippen molar-refractivity contribution >= 4 is 35.6 Å². The highest BCUT2D eigenvalue weighted by Gasteiger charge is 2.64. The summed E-state index contributed by atoms with van der Waals surface area (Å²) < 4.78 is 18.6. The molecule has 0 N–H and O–H groups in total. The Labute approximate surface area is 205 Å². The van der Waals surface area contributed by atoms with Crippen molar-refractivity contribution in [1.29, 1.82) is 0 Å². The van der Waals surface area contributed by atoms with Gasteiger partial charge in [-0.1, -0.05) is 54.6 Å². The largest absolute Gasteiger partial charge is 0.780 e. The van der Waals surface area contributed by atoms with Crippen molar-refractivity contribution in [2.75, 3.05) is 0 Å². The molecule has 4 aliphatic rings. The zero-order valence-corrected chi connectivity index (χ0v) is 19.3. The number of nitrogens with zero attached hydrogens (tertiary/aromatic N) is 2. The van der Waals surface area contributed by atoms with Crippen LogP contribution in [0.15, 0.2) is 96.4 Å². The molecule has 2 aromatic heterocycles. The number of hydrogen-bond donors (Lipinski definition) is 0. The van der Waals surface area contributed by atoms with Gasteiger partial charge in [-0.2, -0.15) is 0 Å². The highest BCUT2D eigenvalue weighted by atomic mass is 32.1. The van der Waals surface area contributed by atoms with Gasteiger partial charge in [-0.3, -0.25) is 0 Å². The standard InChI is InChI=1S/C29H17BN2O2S/c1-2-8-18(9-3-1)22-16-23-21-12-6-7-13-26(21)33-30-31(23)25(22)17-24-19-10-4-5-11-20(19)28(32(24)30)29-27(34-30)14-15-35-29/h1-17H. The highest BCUT2D eigenvalue weighted by molar-refractivity contribution is 7.13. The Morgan fingerprint density at radius 3 is 2.34 bits per heavy atom. The summed E-state index contributed by atoms with van der Waals surface area (Å²) in [7, 11) is 0. The summed E-state index contributed by atoms with van der Waals surface area (Å²) in [5, 5.41) is 2.11. The molecular formula is C29H17BN2O2S. The molecule has 0 saturated carbocycles. The Bertz CT molecular complexity index is 1810. The van der Waals surface area contributed by atoms with Crippen LogP contribution in [0.25, 0.3) is 34.2 Å². The van der Waals surface area contributed by atoms with Crippen molar-refractivity contribution in [2.24, 2.45) is 0 Å². The van der Waals surface area contributed by atoms with Gasteiger partial charge in [0.1, 0.15) is 10.6 Å². The van der Waals surface area contributed by atoms with Gasteiger partial charge in [-0.05, 0) is 47.3 Å². The fourth-order valence-electron chi connectivity index (χ4n) is 6.26. The van der Waals surface area contributed by atoms with Crippen molar-refractivity contribution in [1.82, 2.24) is 4.48 Å². The summed E-state index contributed by atoms with van der Waals surface area (Å²) in [5.41, 5.74) is 10.4. The van der Waals surface area contributed by atoms with E-state index in [2.05, 4.69) is 105 Å². The fourth-order valence-corrected chi connectivity index (χ4v) is 7.14. The number of rotatable bonds is 1. The van der Waals surface area contributed by atoms with Gasteiger partial charge >= 0.3 is 6.82 Å². The molecule has 4 aliphatic heterocycles. The molecule has 0 amide bonds. The molecule has 0 bridgehead atoms. The van der Waals surface area contributed by atoms with E-state index in [4.69, 9.17) is 9.31 Å². The molecule has 6 heteroatoms. The Morgan fingerprint density at radius 2 is 1.46 bits per heavy atom. The van der Waals surface area contributed by atoms with Crippen molar-refractivity contribution < 1.29 is 13.8 Å². The molecule has 4 nitrogen and oxygen atoms in total. The van der Waals surface area contributed by atoms with Gasteiger partial charge in [0, 0.05) is 28.6 Å². The van der Waals surface area contributed by atoms with E-state index in [0.717, 1.165) is 39.0 Å². The molecular weight excluding hydrogens is 451 g/mol. The van der Waals surface area contributed by atoms with Gasteiger partial charge in [0.25, 0.3) is 0 Å². The van der Waals surface area contributed by atoms with Gasteiger partial charge < -0.3 is 18.3 Å². The predicted octanol–water partition coefficient (Wildman–Crippen LogP) is 6.33. The van der Waals surface area contributed by atoms with E-state index in [9.17, 15) is 0 Å². The lowest BCUT2D eigenvalue weighted by Gasteiger charge is -2.46. The molecule has 0 aliphatic carbocycles. The molecule has 0 radical (unpaired) electrons. The van der Waals surface area contributed by atoms with Crippen molar-refractivity contribution in [3.8, 4) is 33.9 Å². The van der Waals surface area contributed by atoms with E-state index in [1.54, 1.807) is 11.3 Å². The summed E-state index contributed by atoms with van der Waals surface area (Å²) in [6, 6.07) is 31.9. The van der Waals surface area contributed by atoms with E-state index in [0.29, 0.717) is 0 Å². The van der Waals surface area contributed by atoms with Crippen molar-refractivity contribution in [2.45, 2.75) is 0 Å². The number of fused-ring (bicyclic) bond motifs is 7. The number of thiophene rings is 1. The summed E-state index contributed by atoms with van der Waals surface area (Å²) in [4.78, 5) is 1.15. The third-order valence-electron chi connectivity index (χ3n) is 7.61. The first-order valence-corrected chi connectivity index (χ1v) is 12.7. The van der Waals surface area contributed by atoms with Gasteiger partial charge in [0.15, 0.2) is 11.4 Å². The molecule has 35 heavy (non-hydrogen) atoms. The van der Waals surface area contributed by atoms with E-state index < -0.39 is 6.82 Å². The van der Waals surface area contributed by atoms with Crippen LogP contribution in [0.2, 0.25) is 0 Å². The van der Waals surface area contributed by atoms with Crippen LogP contribution < -0.4 is 9.31 Å². The van der Waals surface area contributed by atoms with Gasteiger partial charge in [-0.25, -0.2) is 0 Å². The average molecular weight is 468 g/mol.